The topological polar surface area (TPSA) is 216 Å². The van der Waals surface area contributed by atoms with Gasteiger partial charge in [0.05, 0.1) is 23.6 Å². The molecule has 0 radical (unpaired) electrons. The highest BCUT2D eigenvalue weighted by atomic mass is 16.6. The summed E-state index contributed by atoms with van der Waals surface area (Å²) in [6.07, 6.45) is 9.82. The van der Waals surface area contributed by atoms with Crippen LogP contribution in [-0.4, -0.2) is 91.4 Å². The van der Waals surface area contributed by atoms with Crippen molar-refractivity contribution in [1.29, 1.82) is 0 Å². The van der Waals surface area contributed by atoms with Crippen LogP contribution in [0.5, 0.6) is 5.75 Å². The van der Waals surface area contributed by atoms with Crippen LogP contribution in [0.2, 0.25) is 0 Å². The molecular formula is C43H58N4O10. The number of unbranched alkanes of at least 4 members (excludes halogenated alkanes) is 3. The fraction of sp³-hybridized carbons (Fsp3) is 0.465. The normalized spacial score (nSPS) is 26.4. The number of benzene rings is 1. The highest BCUT2D eigenvalue weighted by Gasteiger charge is 2.33. The van der Waals surface area contributed by atoms with Crippen molar-refractivity contribution in [3.63, 3.8) is 0 Å². The van der Waals surface area contributed by atoms with Gasteiger partial charge in [0.2, 0.25) is 17.5 Å². The average Bonchev–Trinajstić information content (AvgIpc) is 3.17. The molecule has 0 unspecified atom stereocenters. The van der Waals surface area contributed by atoms with Gasteiger partial charge < -0.3 is 46.1 Å². The highest BCUT2D eigenvalue weighted by Crippen LogP contribution is 2.29. The first-order chi connectivity index (χ1) is 27.1. The van der Waals surface area contributed by atoms with Gasteiger partial charge in [-0.05, 0) is 74.8 Å². The van der Waals surface area contributed by atoms with Gasteiger partial charge in [-0.2, -0.15) is 0 Å². The molecule has 0 saturated heterocycles. The summed E-state index contributed by atoms with van der Waals surface area (Å²) in [6.45, 7) is 7.90. The number of amides is 3. The van der Waals surface area contributed by atoms with Crippen LogP contribution in [0.1, 0.15) is 71.8 Å². The van der Waals surface area contributed by atoms with Crippen LogP contribution in [0.4, 0.5) is 4.79 Å². The molecule has 0 fully saturated rings. The molecule has 3 amide bonds. The molecule has 1 aromatic carbocycles. The number of aliphatic hydroxyl groups is 1. The van der Waals surface area contributed by atoms with E-state index in [4.69, 9.17) is 19.9 Å². The lowest BCUT2D eigenvalue weighted by atomic mass is 9.85. The molecule has 0 saturated carbocycles. The Morgan fingerprint density at radius 1 is 1.00 bits per heavy atom. The number of hydrogen-bond donors (Lipinski definition) is 6. The first-order valence-electron chi connectivity index (χ1n) is 19.2. The summed E-state index contributed by atoms with van der Waals surface area (Å²) >= 11 is 0. The van der Waals surface area contributed by atoms with Crippen molar-refractivity contribution in [2.45, 2.75) is 90.6 Å². The van der Waals surface area contributed by atoms with Crippen molar-refractivity contribution in [3.05, 3.63) is 94.4 Å². The maximum Gasteiger partial charge on any atom is 0.405 e. The number of carbonyl (C=O) groups excluding carboxylic acids is 5. The summed E-state index contributed by atoms with van der Waals surface area (Å²) in [7, 11) is 2.92. The third-order valence-electron chi connectivity index (χ3n) is 9.82. The number of primary amides is 1. The van der Waals surface area contributed by atoms with Crippen molar-refractivity contribution >= 4 is 35.6 Å². The molecule has 0 spiro atoms. The summed E-state index contributed by atoms with van der Waals surface area (Å²) in [5.41, 5.74) is 7.25. The summed E-state index contributed by atoms with van der Waals surface area (Å²) in [6, 6.07) is 6.52. The van der Waals surface area contributed by atoms with E-state index in [1.807, 2.05) is 6.92 Å². The number of hydrogen-bond acceptors (Lipinski definition) is 11. The predicted molar refractivity (Wildman–Crippen MR) is 216 cm³/mol. The molecule has 14 nitrogen and oxygen atoms in total. The van der Waals surface area contributed by atoms with E-state index in [0.29, 0.717) is 31.5 Å². The van der Waals surface area contributed by atoms with E-state index in [9.17, 15) is 34.2 Å². The third-order valence-corrected chi connectivity index (χ3v) is 9.82. The van der Waals surface area contributed by atoms with Crippen LogP contribution in [0, 0.1) is 11.8 Å². The number of Topliss-reactive ketones (excluding diaryl/α,β-unsaturated/α-hetero) is 1. The zero-order chi connectivity index (χ0) is 42.1. The number of ether oxygens (including phenoxy) is 3. The first-order valence-corrected chi connectivity index (χ1v) is 19.2. The Bertz CT molecular complexity index is 1780. The number of ketones is 2. The fourth-order valence-electron chi connectivity index (χ4n) is 6.62. The number of nitrogens with two attached hydrogens (primary N) is 1. The number of phenolic OH excluding ortho intramolecular Hbond substituents is 1. The van der Waals surface area contributed by atoms with E-state index >= 15 is 0 Å². The number of fused-ring (bicyclic) bond motifs is 2. The number of rotatable bonds is 13. The number of carbonyl (C=O) groups is 5. The number of nitrogens with one attached hydrogen (secondary N) is 3. The molecule has 1 aromatic rings. The van der Waals surface area contributed by atoms with Gasteiger partial charge in [0.25, 0.3) is 5.91 Å². The maximum absolute atomic E-state index is 14.0. The SMILES string of the molecule is CO[C@H]1/C=C\C=C(/C)C(=O)NC2=CC(=O)C(NCCCCCCNC(=O)/C=C/c3ccc(O)cc3)=C(C[C@@H](C)C[C@H](OC)[C@H](O)[C@@H](C)/C=C(\C)[C@@H]1OC(N)=O)C2=O. The average molecular weight is 791 g/mol. The summed E-state index contributed by atoms with van der Waals surface area (Å²) in [5, 5.41) is 29.4. The second kappa shape index (κ2) is 23.0. The van der Waals surface area contributed by atoms with Gasteiger partial charge in [0.1, 0.15) is 11.9 Å². The van der Waals surface area contributed by atoms with E-state index in [0.717, 1.165) is 30.9 Å². The van der Waals surface area contributed by atoms with E-state index in [1.165, 1.54) is 26.4 Å². The molecule has 1 aliphatic heterocycles. The van der Waals surface area contributed by atoms with Crippen molar-refractivity contribution in [2.24, 2.45) is 17.6 Å². The molecule has 310 valence electrons. The monoisotopic (exact) mass is 790 g/mol. The predicted octanol–water partition coefficient (Wildman–Crippen LogP) is 4.45. The van der Waals surface area contributed by atoms with Crippen LogP contribution >= 0.6 is 0 Å². The minimum absolute atomic E-state index is 0.145. The minimum Gasteiger partial charge on any atom is -0.508 e. The van der Waals surface area contributed by atoms with Gasteiger partial charge >= 0.3 is 6.09 Å². The number of allylic oxidation sites excluding steroid dienone is 4. The largest absolute Gasteiger partial charge is 0.508 e. The number of aliphatic hydroxyl groups excluding tert-OH is 1. The first kappa shape index (κ1) is 46.1. The Hall–Kier alpha value is -5.31. The quantitative estimate of drug-likeness (QED) is 0.0711. The standard InChI is InChI=1S/C43H58N4O10/c1-26-22-32-38(46-21-10-8-7-9-20-45-37(50)19-16-30-14-17-31(48)18-15-30)34(49)25-33(40(32)52)47-42(53)27(2)12-11-13-35(55-5)41(57-43(44)54)29(4)24-28(3)39(51)36(23-26)56-6/h11-19,24-26,28,35-36,39,41,46,48,51H,7-10,20-23H2,1-6H3,(H2,44,54)(H,45,50)(H,47,53)/b13-11-,19-16+,27-12+,29-24+/t26-,28+,35+,36+,39-,41+/m1/s1. The molecule has 2 bridgehead atoms. The molecule has 0 aromatic heterocycles. The second-order valence-electron chi connectivity index (χ2n) is 14.5. The van der Waals surface area contributed by atoms with Crippen molar-refractivity contribution in [3.8, 4) is 5.75 Å². The van der Waals surface area contributed by atoms with Gasteiger partial charge in [-0.25, -0.2) is 4.79 Å². The zero-order valence-electron chi connectivity index (χ0n) is 33.7. The van der Waals surface area contributed by atoms with Gasteiger partial charge in [-0.3, -0.25) is 19.2 Å². The van der Waals surface area contributed by atoms with Crippen LogP contribution < -0.4 is 21.7 Å². The molecule has 7 N–H and O–H groups in total. The zero-order valence-corrected chi connectivity index (χ0v) is 33.7. The Labute approximate surface area is 335 Å². The number of phenols is 1. The van der Waals surface area contributed by atoms with Gasteiger partial charge in [0, 0.05) is 56.5 Å². The van der Waals surface area contributed by atoms with E-state index in [1.54, 1.807) is 69.3 Å². The molecule has 2 aliphatic rings. The van der Waals surface area contributed by atoms with Gasteiger partial charge in [0.15, 0.2) is 6.10 Å². The van der Waals surface area contributed by atoms with Crippen molar-refractivity contribution in [1.82, 2.24) is 16.0 Å². The molecule has 1 aliphatic carbocycles. The molecule has 3 rings (SSSR count). The van der Waals surface area contributed by atoms with Crippen LogP contribution in [0.3, 0.4) is 0 Å². The molecule has 14 heteroatoms. The second-order valence-corrected chi connectivity index (χ2v) is 14.5. The smallest absolute Gasteiger partial charge is 0.405 e. The van der Waals surface area contributed by atoms with Crippen molar-refractivity contribution < 1.29 is 48.4 Å². The van der Waals surface area contributed by atoms with Gasteiger partial charge in [-0.15, -0.1) is 0 Å². The van der Waals surface area contributed by atoms with Crippen LogP contribution in [0.25, 0.3) is 6.08 Å². The Kier molecular flexibility index (Phi) is 18.6. The molecule has 57 heavy (non-hydrogen) atoms. The number of aromatic hydroxyl groups is 1. The van der Waals surface area contributed by atoms with Crippen LogP contribution in [-0.2, 0) is 33.4 Å². The Morgan fingerprint density at radius 2 is 1.68 bits per heavy atom. The maximum atomic E-state index is 14.0. The lowest BCUT2D eigenvalue weighted by Gasteiger charge is -2.30. The summed E-state index contributed by atoms with van der Waals surface area (Å²) in [4.78, 5) is 64.7. The summed E-state index contributed by atoms with van der Waals surface area (Å²) < 4.78 is 16.7. The van der Waals surface area contributed by atoms with E-state index < -0.39 is 53.9 Å². The van der Waals surface area contributed by atoms with Crippen molar-refractivity contribution in [2.75, 3.05) is 27.3 Å². The Balaban J connectivity index is 1.75. The molecular weight excluding hydrogens is 732 g/mol. The number of methoxy groups -OCH3 is 2. The van der Waals surface area contributed by atoms with E-state index in [2.05, 4.69) is 16.0 Å². The lowest BCUT2D eigenvalue weighted by Crippen LogP contribution is -2.38. The summed E-state index contributed by atoms with van der Waals surface area (Å²) in [5.74, 6) is -2.30. The Morgan fingerprint density at radius 3 is 2.33 bits per heavy atom. The lowest BCUT2D eigenvalue weighted by molar-refractivity contribution is -0.120. The highest BCUT2D eigenvalue weighted by molar-refractivity contribution is 6.23. The molecule has 1 heterocycles. The van der Waals surface area contributed by atoms with E-state index in [-0.39, 0.29) is 46.5 Å². The third kappa shape index (κ3) is 14.6. The fourth-order valence-corrected chi connectivity index (χ4v) is 6.62. The van der Waals surface area contributed by atoms with Gasteiger partial charge in [-0.1, -0.05) is 63.1 Å². The molecule has 6 atom stereocenters. The van der Waals surface area contributed by atoms with Crippen LogP contribution in [0.15, 0.2) is 88.8 Å². The minimum atomic E-state index is -1.01.